The van der Waals surface area contributed by atoms with Crippen molar-refractivity contribution in [3.8, 4) is 22.3 Å². The molecule has 0 unspecified atom stereocenters. The fourth-order valence-corrected chi connectivity index (χ4v) is 11.6. The Hall–Kier alpha value is -2.37. The monoisotopic (exact) mass is 448 g/mol. The molecular formula is C28H22Zr. The maximum absolute atomic E-state index is 2.58. The van der Waals surface area contributed by atoms with Crippen molar-refractivity contribution >= 4 is 10.3 Å². The molecule has 1 heteroatoms. The number of rotatable bonds is 2. The predicted octanol–water partition coefficient (Wildman–Crippen LogP) is 5.22. The van der Waals surface area contributed by atoms with Gasteiger partial charge in [0.15, 0.2) is 0 Å². The summed E-state index contributed by atoms with van der Waals surface area (Å²) in [5.41, 5.74) is 12.0. The van der Waals surface area contributed by atoms with E-state index >= 15 is 0 Å². The van der Waals surface area contributed by atoms with Crippen molar-refractivity contribution in [1.29, 1.82) is 0 Å². The van der Waals surface area contributed by atoms with E-state index in [0.717, 1.165) is 12.8 Å². The Morgan fingerprint density at radius 2 is 1.00 bits per heavy atom. The maximum atomic E-state index is 2.58. The van der Waals surface area contributed by atoms with Crippen LogP contribution in [0.25, 0.3) is 22.3 Å². The molecule has 0 aromatic heterocycles. The summed E-state index contributed by atoms with van der Waals surface area (Å²) < 4.78 is 5.90. The molecule has 0 saturated heterocycles. The molecule has 0 atom stereocenters. The van der Waals surface area contributed by atoms with Crippen LogP contribution in [-0.2, 0) is 34.1 Å². The minimum atomic E-state index is -2.13. The molecule has 4 aromatic carbocycles. The molecule has 2 aliphatic rings. The Morgan fingerprint density at radius 1 is 0.552 bits per heavy atom. The topological polar surface area (TPSA) is 0 Å². The van der Waals surface area contributed by atoms with E-state index < -0.39 is 21.3 Å². The molecule has 0 bridgehead atoms. The molecule has 0 spiro atoms. The van der Waals surface area contributed by atoms with Gasteiger partial charge in [-0.15, -0.1) is 0 Å². The van der Waals surface area contributed by atoms with Crippen molar-refractivity contribution in [2.45, 2.75) is 19.8 Å². The van der Waals surface area contributed by atoms with Gasteiger partial charge in [0.1, 0.15) is 0 Å². The molecular weight excluding hydrogens is 428 g/mol. The van der Waals surface area contributed by atoms with Gasteiger partial charge in [0, 0.05) is 0 Å². The van der Waals surface area contributed by atoms with Gasteiger partial charge < -0.3 is 0 Å². The van der Waals surface area contributed by atoms with Crippen LogP contribution in [0.2, 0.25) is 0 Å². The first-order valence-corrected chi connectivity index (χ1v) is 14.3. The Bertz CT molecular complexity index is 1210. The van der Waals surface area contributed by atoms with Gasteiger partial charge in [-0.2, -0.15) is 0 Å². The van der Waals surface area contributed by atoms with Gasteiger partial charge in [-0.25, -0.2) is 0 Å². The second-order valence-electron chi connectivity index (χ2n) is 8.03. The summed E-state index contributed by atoms with van der Waals surface area (Å²) in [6.45, 7) is 2.30. The van der Waals surface area contributed by atoms with E-state index in [1.165, 1.54) is 33.4 Å². The third-order valence-corrected chi connectivity index (χ3v) is 13.1. The number of benzene rings is 4. The molecule has 29 heavy (non-hydrogen) atoms. The van der Waals surface area contributed by atoms with Crippen molar-refractivity contribution in [3.05, 3.63) is 107 Å². The van der Waals surface area contributed by atoms with Crippen LogP contribution in [0, 0.1) is 0 Å². The van der Waals surface area contributed by atoms with Crippen molar-refractivity contribution < 1.29 is 21.3 Å². The van der Waals surface area contributed by atoms with Crippen LogP contribution in [0.15, 0.2) is 84.9 Å². The molecule has 138 valence electrons. The quantitative estimate of drug-likeness (QED) is 0.340. The molecule has 0 N–H and O–H groups in total. The van der Waals surface area contributed by atoms with Crippen LogP contribution in [0.5, 0.6) is 0 Å². The Labute approximate surface area is 180 Å². The first kappa shape index (κ1) is 17.5. The molecule has 0 saturated carbocycles. The van der Waals surface area contributed by atoms with E-state index in [9.17, 15) is 0 Å². The average molecular weight is 450 g/mol. The average Bonchev–Trinajstić information content (AvgIpc) is 3.34. The van der Waals surface area contributed by atoms with Crippen molar-refractivity contribution in [2.24, 2.45) is 0 Å². The molecule has 2 aliphatic carbocycles. The second kappa shape index (κ2) is 6.86. The zero-order chi connectivity index (χ0) is 19.4. The van der Waals surface area contributed by atoms with Gasteiger partial charge in [-0.1, -0.05) is 0 Å². The first-order chi connectivity index (χ1) is 14.3. The normalized spacial score (nSPS) is 12.7. The third kappa shape index (κ3) is 2.64. The van der Waals surface area contributed by atoms with E-state index in [2.05, 4.69) is 95.6 Å². The Morgan fingerprint density at radius 3 is 1.48 bits per heavy atom. The SMILES string of the molecule is C[CH]=[Zr]([c]1cccc2c1Cc1ccccc1-2)[c]1cccc2c1Cc1ccccc1-2. The standard InChI is InChI=1S/2C13H9.C2H4.Zr/c2*1-3-7-12-10(5-1)9-11-6-2-4-8-13(11)12;1-2;/h2*1-5,7-8H,9H2;1H,2H3;. The summed E-state index contributed by atoms with van der Waals surface area (Å²) in [5.74, 6) is 0. The van der Waals surface area contributed by atoms with E-state index in [0.29, 0.717) is 0 Å². The first-order valence-electron chi connectivity index (χ1n) is 10.4. The fourth-order valence-electron chi connectivity index (χ4n) is 5.28. The van der Waals surface area contributed by atoms with Crippen LogP contribution in [0.4, 0.5) is 0 Å². The van der Waals surface area contributed by atoms with Gasteiger partial charge in [-0.05, 0) is 0 Å². The van der Waals surface area contributed by atoms with E-state index in [1.54, 1.807) is 17.7 Å². The van der Waals surface area contributed by atoms with Gasteiger partial charge in [0.2, 0.25) is 0 Å². The summed E-state index contributed by atoms with van der Waals surface area (Å²) in [6, 6.07) is 32.0. The molecule has 0 fully saturated rings. The Kier molecular flexibility index (Phi) is 4.13. The summed E-state index contributed by atoms with van der Waals surface area (Å²) in [6.07, 6.45) is 2.18. The van der Waals surface area contributed by atoms with Crippen molar-refractivity contribution in [3.63, 3.8) is 0 Å². The molecule has 0 radical (unpaired) electrons. The minimum absolute atomic E-state index is 1.09. The summed E-state index contributed by atoms with van der Waals surface area (Å²) >= 11 is -2.13. The van der Waals surface area contributed by atoms with Gasteiger partial charge in [-0.3, -0.25) is 0 Å². The predicted molar refractivity (Wildman–Crippen MR) is 120 cm³/mol. The zero-order valence-electron chi connectivity index (χ0n) is 16.6. The van der Waals surface area contributed by atoms with Gasteiger partial charge >= 0.3 is 181 Å². The number of fused-ring (bicyclic) bond motifs is 6. The van der Waals surface area contributed by atoms with Crippen LogP contribution in [-0.4, -0.2) is 3.71 Å². The van der Waals surface area contributed by atoms with Crippen molar-refractivity contribution in [2.75, 3.05) is 0 Å². The van der Waals surface area contributed by atoms with Gasteiger partial charge in [0.05, 0.1) is 0 Å². The van der Waals surface area contributed by atoms with E-state index in [1.807, 2.05) is 0 Å². The number of hydrogen-bond acceptors (Lipinski definition) is 0. The zero-order valence-corrected chi connectivity index (χ0v) is 19.0. The fraction of sp³-hybridized carbons (Fsp3) is 0.107. The Balaban J connectivity index is 1.52. The molecule has 0 nitrogen and oxygen atoms in total. The van der Waals surface area contributed by atoms with Crippen molar-refractivity contribution in [1.82, 2.24) is 0 Å². The van der Waals surface area contributed by atoms with E-state index in [4.69, 9.17) is 0 Å². The van der Waals surface area contributed by atoms with Crippen LogP contribution in [0.3, 0.4) is 0 Å². The molecule has 0 heterocycles. The van der Waals surface area contributed by atoms with Crippen LogP contribution < -0.4 is 6.54 Å². The van der Waals surface area contributed by atoms with Gasteiger partial charge in [0.25, 0.3) is 0 Å². The van der Waals surface area contributed by atoms with E-state index in [-0.39, 0.29) is 0 Å². The molecule has 0 amide bonds. The second-order valence-corrected chi connectivity index (χ2v) is 14.1. The van der Waals surface area contributed by atoms with Crippen LogP contribution in [0.1, 0.15) is 29.2 Å². The molecule has 6 rings (SSSR count). The molecule has 0 aliphatic heterocycles. The van der Waals surface area contributed by atoms with Crippen LogP contribution >= 0.6 is 0 Å². The third-order valence-electron chi connectivity index (χ3n) is 6.57. The summed E-state index contributed by atoms with van der Waals surface area (Å²) in [5, 5.41) is 0. The summed E-state index contributed by atoms with van der Waals surface area (Å²) in [7, 11) is 0. The molecule has 4 aromatic rings. The number of hydrogen-bond donors (Lipinski definition) is 0. The summed E-state index contributed by atoms with van der Waals surface area (Å²) in [4.78, 5) is 0.